The molecule has 2 aliphatic rings. The van der Waals surface area contributed by atoms with E-state index < -0.39 is 0 Å². The summed E-state index contributed by atoms with van der Waals surface area (Å²) in [5.41, 5.74) is 0. The average molecular weight is 186 g/mol. The summed E-state index contributed by atoms with van der Waals surface area (Å²) < 4.78 is 16.6. The molecule has 1 saturated carbocycles. The van der Waals surface area contributed by atoms with Crippen molar-refractivity contribution < 1.29 is 14.2 Å². The van der Waals surface area contributed by atoms with E-state index in [1.54, 1.807) is 14.2 Å². The molecular formula is C10H18O3. The zero-order valence-electron chi connectivity index (χ0n) is 8.41. The molecule has 1 atom stereocenters. The lowest BCUT2D eigenvalue weighted by molar-refractivity contribution is -0.258. The van der Waals surface area contributed by atoms with Crippen LogP contribution in [0.25, 0.3) is 0 Å². The van der Waals surface area contributed by atoms with Gasteiger partial charge < -0.3 is 14.2 Å². The van der Waals surface area contributed by atoms with Crippen LogP contribution in [-0.4, -0.2) is 32.7 Å². The molecule has 0 aromatic rings. The van der Waals surface area contributed by atoms with E-state index in [4.69, 9.17) is 14.2 Å². The molecule has 0 unspecified atom stereocenters. The molecule has 2 fully saturated rings. The molecule has 0 N–H and O–H groups in total. The van der Waals surface area contributed by atoms with Crippen molar-refractivity contribution in [2.75, 3.05) is 20.8 Å². The summed E-state index contributed by atoms with van der Waals surface area (Å²) in [5.74, 6) is 0.399. The third-order valence-electron chi connectivity index (χ3n) is 3.22. The predicted octanol–water partition coefficient (Wildman–Crippen LogP) is 1.56. The van der Waals surface area contributed by atoms with Crippen LogP contribution in [0.3, 0.4) is 0 Å². The Morgan fingerprint density at radius 2 is 1.92 bits per heavy atom. The molecule has 76 valence electrons. The highest BCUT2D eigenvalue weighted by molar-refractivity contribution is 4.89. The highest BCUT2D eigenvalue weighted by Crippen LogP contribution is 2.41. The first kappa shape index (κ1) is 9.44. The van der Waals surface area contributed by atoms with Crippen molar-refractivity contribution in [3.63, 3.8) is 0 Å². The second-order valence-corrected chi connectivity index (χ2v) is 4.02. The Morgan fingerprint density at radius 1 is 1.23 bits per heavy atom. The maximum Gasteiger partial charge on any atom is 0.172 e. The number of hydrogen-bond acceptors (Lipinski definition) is 3. The van der Waals surface area contributed by atoms with Gasteiger partial charge >= 0.3 is 0 Å². The van der Waals surface area contributed by atoms with E-state index >= 15 is 0 Å². The SMILES string of the molecule is COC1(OC)CCO[C@H](C2CC2)C1. The topological polar surface area (TPSA) is 27.7 Å². The van der Waals surface area contributed by atoms with Crippen molar-refractivity contribution >= 4 is 0 Å². The van der Waals surface area contributed by atoms with E-state index in [1.165, 1.54) is 12.8 Å². The Morgan fingerprint density at radius 3 is 2.46 bits per heavy atom. The smallest absolute Gasteiger partial charge is 0.172 e. The molecule has 1 saturated heterocycles. The van der Waals surface area contributed by atoms with Gasteiger partial charge in [0, 0.05) is 27.1 Å². The molecule has 0 amide bonds. The Kier molecular flexibility index (Phi) is 2.58. The van der Waals surface area contributed by atoms with E-state index in [0.717, 1.165) is 25.4 Å². The number of methoxy groups -OCH3 is 2. The number of ether oxygens (including phenoxy) is 3. The van der Waals surface area contributed by atoms with Gasteiger partial charge in [0.05, 0.1) is 12.7 Å². The Bertz CT molecular complexity index is 173. The molecule has 0 spiro atoms. The maximum atomic E-state index is 5.70. The van der Waals surface area contributed by atoms with Gasteiger partial charge in [0.15, 0.2) is 5.79 Å². The molecule has 2 rings (SSSR count). The van der Waals surface area contributed by atoms with Gasteiger partial charge in [-0.25, -0.2) is 0 Å². The highest BCUT2D eigenvalue weighted by Gasteiger charge is 2.43. The lowest BCUT2D eigenvalue weighted by Crippen LogP contribution is -2.44. The normalized spacial score (nSPS) is 33.2. The van der Waals surface area contributed by atoms with Gasteiger partial charge in [0.2, 0.25) is 0 Å². The van der Waals surface area contributed by atoms with Gasteiger partial charge in [0.1, 0.15) is 0 Å². The van der Waals surface area contributed by atoms with Gasteiger partial charge in [-0.05, 0) is 18.8 Å². The van der Waals surface area contributed by atoms with Crippen molar-refractivity contribution in [3.8, 4) is 0 Å². The van der Waals surface area contributed by atoms with E-state index in [1.807, 2.05) is 0 Å². The molecule has 13 heavy (non-hydrogen) atoms. The maximum absolute atomic E-state index is 5.70. The Labute approximate surface area is 79.4 Å². The van der Waals surface area contributed by atoms with Crippen LogP contribution in [0.15, 0.2) is 0 Å². The highest BCUT2D eigenvalue weighted by atomic mass is 16.7. The minimum Gasteiger partial charge on any atom is -0.378 e. The lowest BCUT2D eigenvalue weighted by Gasteiger charge is -2.38. The first-order valence-electron chi connectivity index (χ1n) is 5.01. The average Bonchev–Trinajstić information content (AvgIpc) is 3.01. The Hall–Kier alpha value is -0.120. The van der Waals surface area contributed by atoms with Crippen molar-refractivity contribution in [3.05, 3.63) is 0 Å². The van der Waals surface area contributed by atoms with Crippen LogP contribution < -0.4 is 0 Å². The summed E-state index contributed by atoms with van der Waals surface area (Å²) in [4.78, 5) is 0. The summed E-state index contributed by atoms with van der Waals surface area (Å²) in [5, 5.41) is 0. The number of rotatable bonds is 3. The van der Waals surface area contributed by atoms with Gasteiger partial charge in [-0.1, -0.05) is 0 Å². The molecule has 0 bridgehead atoms. The second-order valence-electron chi connectivity index (χ2n) is 4.02. The quantitative estimate of drug-likeness (QED) is 0.626. The van der Waals surface area contributed by atoms with Crippen molar-refractivity contribution in [1.29, 1.82) is 0 Å². The zero-order chi connectivity index (χ0) is 9.31. The third kappa shape index (κ3) is 1.87. The molecule has 1 aliphatic heterocycles. The van der Waals surface area contributed by atoms with Gasteiger partial charge in [-0.3, -0.25) is 0 Å². The van der Waals surface area contributed by atoms with E-state index in [9.17, 15) is 0 Å². The number of hydrogen-bond donors (Lipinski definition) is 0. The van der Waals surface area contributed by atoms with Crippen LogP contribution in [0.4, 0.5) is 0 Å². The zero-order valence-corrected chi connectivity index (χ0v) is 8.41. The van der Waals surface area contributed by atoms with E-state index in [0.29, 0.717) is 6.10 Å². The van der Waals surface area contributed by atoms with E-state index in [2.05, 4.69) is 0 Å². The summed E-state index contributed by atoms with van der Waals surface area (Å²) in [6.45, 7) is 0.767. The molecule has 0 aromatic carbocycles. The summed E-state index contributed by atoms with van der Waals surface area (Å²) in [6.07, 6.45) is 4.74. The summed E-state index contributed by atoms with van der Waals surface area (Å²) in [6, 6.07) is 0. The fourth-order valence-corrected chi connectivity index (χ4v) is 2.06. The van der Waals surface area contributed by atoms with E-state index in [-0.39, 0.29) is 5.79 Å². The van der Waals surface area contributed by atoms with Crippen molar-refractivity contribution in [2.24, 2.45) is 5.92 Å². The minimum atomic E-state index is -0.370. The summed E-state index contributed by atoms with van der Waals surface area (Å²) >= 11 is 0. The van der Waals surface area contributed by atoms with Crippen LogP contribution >= 0.6 is 0 Å². The van der Waals surface area contributed by atoms with Gasteiger partial charge in [-0.15, -0.1) is 0 Å². The van der Waals surface area contributed by atoms with Crippen molar-refractivity contribution in [2.45, 2.75) is 37.6 Å². The third-order valence-corrected chi connectivity index (χ3v) is 3.22. The standard InChI is InChI=1S/C10H18O3/c1-11-10(12-2)5-6-13-9(7-10)8-3-4-8/h8-9H,3-7H2,1-2H3/t9-/m0/s1. The van der Waals surface area contributed by atoms with Crippen LogP contribution in [0.2, 0.25) is 0 Å². The fourth-order valence-electron chi connectivity index (χ4n) is 2.06. The van der Waals surface area contributed by atoms with Gasteiger partial charge in [-0.2, -0.15) is 0 Å². The molecule has 0 radical (unpaired) electrons. The molecule has 1 aliphatic carbocycles. The second kappa shape index (κ2) is 3.56. The molecule has 3 heteroatoms. The Balaban J connectivity index is 1.96. The predicted molar refractivity (Wildman–Crippen MR) is 48.4 cm³/mol. The van der Waals surface area contributed by atoms with Crippen LogP contribution in [0.1, 0.15) is 25.7 Å². The summed E-state index contributed by atoms with van der Waals surface area (Å²) in [7, 11) is 3.44. The molecule has 0 aromatic heterocycles. The largest absolute Gasteiger partial charge is 0.378 e. The van der Waals surface area contributed by atoms with Crippen molar-refractivity contribution in [1.82, 2.24) is 0 Å². The molecule has 3 nitrogen and oxygen atoms in total. The van der Waals surface area contributed by atoms with Gasteiger partial charge in [0.25, 0.3) is 0 Å². The first-order valence-corrected chi connectivity index (χ1v) is 5.01. The minimum absolute atomic E-state index is 0.369. The fraction of sp³-hybridized carbons (Fsp3) is 1.00. The first-order chi connectivity index (χ1) is 6.29. The van der Waals surface area contributed by atoms with Crippen LogP contribution in [0, 0.1) is 5.92 Å². The molecule has 1 heterocycles. The lowest BCUT2D eigenvalue weighted by atomic mass is 9.99. The van der Waals surface area contributed by atoms with Crippen LogP contribution in [0.5, 0.6) is 0 Å². The molecular weight excluding hydrogens is 168 g/mol. The van der Waals surface area contributed by atoms with Crippen LogP contribution in [-0.2, 0) is 14.2 Å². The monoisotopic (exact) mass is 186 g/mol.